The van der Waals surface area contributed by atoms with Crippen molar-refractivity contribution in [1.82, 2.24) is 5.32 Å². The molecule has 0 unspecified atom stereocenters. The van der Waals surface area contributed by atoms with Crippen LogP contribution in [0.1, 0.15) is 58.9 Å². The first-order chi connectivity index (χ1) is 9.69. The van der Waals surface area contributed by atoms with Gasteiger partial charge in [-0.1, -0.05) is 43.2 Å². The van der Waals surface area contributed by atoms with Crippen LogP contribution in [0, 0.1) is 0 Å². The zero-order valence-corrected chi connectivity index (χ0v) is 13.6. The number of rotatable bonds is 4. The molecule has 1 aliphatic carbocycles. The number of nitrogens with one attached hydrogen (secondary N) is 1. The Kier molecular flexibility index (Phi) is 4.16. The van der Waals surface area contributed by atoms with Gasteiger partial charge in [-0.25, -0.2) is 0 Å². The lowest BCUT2D eigenvalue weighted by molar-refractivity contribution is -0.131. The number of carbonyl (C=O) groups excluding carboxylic acids is 1. The van der Waals surface area contributed by atoms with Crippen molar-refractivity contribution in [3.63, 3.8) is 0 Å². The molecular weight excluding hydrogens is 262 g/mol. The normalized spacial score (nSPS) is 18.5. The number of hydrogen-bond donors (Lipinski definition) is 2. The molecule has 0 atom stereocenters. The Balaban J connectivity index is 2.30. The summed E-state index contributed by atoms with van der Waals surface area (Å²) in [4.78, 5) is 13.0. The van der Waals surface area contributed by atoms with E-state index in [1.54, 1.807) is 13.8 Å². The molecule has 0 aliphatic heterocycles. The van der Waals surface area contributed by atoms with Crippen LogP contribution < -0.4 is 5.32 Å². The summed E-state index contributed by atoms with van der Waals surface area (Å²) in [7, 11) is 0. The molecule has 3 nitrogen and oxygen atoms in total. The minimum absolute atomic E-state index is 0.0401. The third kappa shape index (κ3) is 2.98. The lowest BCUT2D eigenvalue weighted by Crippen LogP contribution is -2.61. The van der Waals surface area contributed by atoms with E-state index in [9.17, 15) is 9.90 Å². The second-order valence-electron chi connectivity index (χ2n) is 7.29. The Morgan fingerprint density at radius 1 is 1.10 bits per heavy atom. The van der Waals surface area contributed by atoms with Gasteiger partial charge in [0.05, 0.1) is 16.6 Å². The number of amides is 1. The Bertz CT molecular complexity index is 494. The molecule has 0 spiro atoms. The van der Waals surface area contributed by atoms with E-state index in [2.05, 4.69) is 5.32 Å². The largest absolute Gasteiger partial charge is 0.388 e. The standard InChI is InChI=1S/C18H27NO2/c1-16(2,17(3,4)21)19-15(20)18(12-8-9-13-18)14-10-6-5-7-11-14/h5-7,10-11,21H,8-9,12-13H2,1-4H3,(H,19,20). The van der Waals surface area contributed by atoms with Gasteiger partial charge in [-0.2, -0.15) is 0 Å². The van der Waals surface area contributed by atoms with Crippen molar-refractivity contribution in [3.05, 3.63) is 35.9 Å². The summed E-state index contributed by atoms with van der Waals surface area (Å²) < 4.78 is 0. The van der Waals surface area contributed by atoms with E-state index < -0.39 is 16.6 Å². The van der Waals surface area contributed by atoms with Crippen molar-refractivity contribution in [2.75, 3.05) is 0 Å². The van der Waals surface area contributed by atoms with Crippen LogP contribution in [-0.4, -0.2) is 22.2 Å². The molecule has 0 heterocycles. The third-order valence-corrected chi connectivity index (χ3v) is 5.17. The van der Waals surface area contributed by atoms with Crippen LogP contribution in [0.4, 0.5) is 0 Å². The summed E-state index contributed by atoms with van der Waals surface area (Å²) in [6.45, 7) is 7.21. The maximum atomic E-state index is 13.0. The molecule has 1 aliphatic rings. The van der Waals surface area contributed by atoms with E-state index in [1.165, 1.54) is 0 Å². The maximum Gasteiger partial charge on any atom is 0.231 e. The maximum absolute atomic E-state index is 13.0. The van der Waals surface area contributed by atoms with Gasteiger partial charge in [0.2, 0.25) is 5.91 Å². The van der Waals surface area contributed by atoms with Gasteiger partial charge in [0.25, 0.3) is 0 Å². The predicted octanol–water partition coefficient (Wildman–Crippen LogP) is 3.16. The Hall–Kier alpha value is -1.35. The average Bonchev–Trinajstić information content (AvgIpc) is 2.88. The predicted molar refractivity (Wildman–Crippen MR) is 85.1 cm³/mol. The first kappa shape index (κ1) is 16.0. The van der Waals surface area contributed by atoms with Crippen LogP contribution in [0.25, 0.3) is 0 Å². The minimum atomic E-state index is -0.973. The summed E-state index contributed by atoms with van der Waals surface area (Å²) in [6.07, 6.45) is 3.91. The fourth-order valence-electron chi connectivity index (χ4n) is 2.94. The van der Waals surface area contributed by atoms with Gasteiger partial charge in [0.15, 0.2) is 0 Å². The van der Waals surface area contributed by atoms with Gasteiger partial charge in [0, 0.05) is 0 Å². The topological polar surface area (TPSA) is 49.3 Å². The van der Waals surface area contributed by atoms with Crippen LogP contribution in [0.2, 0.25) is 0 Å². The Labute approximate surface area is 127 Å². The minimum Gasteiger partial charge on any atom is -0.388 e. The van der Waals surface area contributed by atoms with Crippen LogP contribution in [0.15, 0.2) is 30.3 Å². The van der Waals surface area contributed by atoms with Crippen molar-refractivity contribution in [1.29, 1.82) is 0 Å². The molecule has 0 radical (unpaired) electrons. The molecule has 1 fully saturated rings. The van der Waals surface area contributed by atoms with Gasteiger partial charge in [-0.3, -0.25) is 4.79 Å². The quantitative estimate of drug-likeness (QED) is 0.894. The van der Waals surface area contributed by atoms with Crippen LogP contribution in [0.3, 0.4) is 0 Å². The SMILES string of the molecule is CC(C)(O)C(C)(C)NC(=O)C1(c2ccccc2)CCCC1. The number of carbonyl (C=O) groups is 1. The fourth-order valence-corrected chi connectivity index (χ4v) is 2.94. The van der Waals surface area contributed by atoms with E-state index in [0.717, 1.165) is 31.2 Å². The molecule has 0 bridgehead atoms. The highest BCUT2D eigenvalue weighted by molar-refractivity contribution is 5.89. The molecule has 0 aromatic heterocycles. The summed E-state index contributed by atoms with van der Waals surface area (Å²) in [5.74, 6) is 0.0401. The van der Waals surface area contributed by atoms with E-state index in [0.29, 0.717) is 0 Å². The van der Waals surface area contributed by atoms with Crippen molar-refractivity contribution >= 4 is 5.91 Å². The van der Waals surface area contributed by atoms with E-state index in [1.807, 2.05) is 44.2 Å². The highest BCUT2D eigenvalue weighted by Crippen LogP contribution is 2.42. The number of aliphatic hydroxyl groups is 1. The molecule has 3 heteroatoms. The molecule has 0 saturated heterocycles. The molecule has 1 saturated carbocycles. The molecule has 116 valence electrons. The summed E-state index contributed by atoms with van der Waals surface area (Å²) >= 11 is 0. The lowest BCUT2D eigenvalue weighted by atomic mass is 9.76. The van der Waals surface area contributed by atoms with Gasteiger partial charge < -0.3 is 10.4 Å². The van der Waals surface area contributed by atoms with Crippen molar-refractivity contribution in [2.24, 2.45) is 0 Å². The Morgan fingerprint density at radius 3 is 2.10 bits per heavy atom. The van der Waals surface area contributed by atoms with Crippen LogP contribution in [-0.2, 0) is 10.2 Å². The monoisotopic (exact) mass is 289 g/mol. The molecular formula is C18H27NO2. The van der Waals surface area contributed by atoms with Crippen molar-refractivity contribution < 1.29 is 9.90 Å². The first-order valence-electron chi connectivity index (χ1n) is 7.80. The smallest absolute Gasteiger partial charge is 0.231 e. The van der Waals surface area contributed by atoms with Gasteiger partial charge in [-0.15, -0.1) is 0 Å². The zero-order chi connectivity index (χ0) is 15.7. The average molecular weight is 289 g/mol. The molecule has 2 rings (SSSR count). The van der Waals surface area contributed by atoms with Crippen molar-refractivity contribution in [2.45, 2.75) is 69.9 Å². The molecule has 2 N–H and O–H groups in total. The number of benzene rings is 1. The molecule has 1 amide bonds. The summed E-state index contributed by atoms with van der Waals surface area (Å²) in [6, 6.07) is 10.0. The van der Waals surface area contributed by atoms with E-state index >= 15 is 0 Å². The highest BCUT2D eigenvalue weighted by atomic mass is 16.3. The second-order valence-corrected chi connectivity index (χ2v) is 7.29. The van der Waals surface area contributed by atoms with E-state index in [-0.39, 0.29) is 5.91 Å². The van der Waals surface area contributed by atoms with Crippen LogP contribution >= 0.6 is 0 Å². The highest BCUT2D eigenvalue weighted by Gasteiger charge is 2.46. The van der Waals surface area contributed by atoms with Gasteiger partial charge in [-0.05, 0) is 46.1 Å². The fraction of sp³-hybridized carbons (Fsp3) is 0.611. The number of hydrogen-bond acceptors (Lipinski definition) is 2. The summed E-state index contributed by atoms with van der Waals surface area (Å²) in [5, 5.41) is 13.4. The molecule has 21 heavy (non-hydrogen) atoms. The lowest BCUT2D eigenvalue weighted by Gasteiger charge is -2.41. The zero-order valence-electron chi connectivity index (χ0n) is 13.6. The van der Waals surface area contributed by atoms with Crippen molar-refractivity contribution in [3.8, 4) is 0 Å². The summed E-state index contributed by atoms with van der Waals surface area (Å²) in [5.41, 5.74) is -0.997. The van der Waals surface area contributed by atoms with E-state index in [4.69, 9.17) is 0 Å². The molecule has 1 aromatic rings. The second kappa shape index (κ2) is 5.45. The molecule has 1 aromatic carbocycles. The Morgan fingerprint density at radius 2 is 1.62 bits per heavy atom. The van der Waals surface area contributed by atoms with Crippen LogP contribution in [0.5, 0.6) is 0 Å². The van der Waals surface area contributed by atoms with Gasteiger partial charge in [0.1, 0.15) is 0 Å². The first-order valence-corrected chi connectivity index (χ1v) is 7.80. The third-order valence-electron chi connectivity index (χ3n) is 5.17. The van der Waals surface area contributed by atoms with Gasteiger partial charge >= 0.3 is 0 Å².